The SMILES string of the molecule is CN1CC[C@]23c4c5ccc(CO)c4O[C@H]2C(=O)C[C@H](O)[C@@]3(O)[C@H]1C5. The Morgan fingerprint density at radius 1 is 1.38 bits per heavy atom. The van der Waals surface area contributed by atoms with Gasteiger partial charge < -0.3 is 25.0 Å². The lowest BCUT2D eigenvalue weighted by Crippen LogP contribution is -2.80. The van der Waals surface area contributed by atoms with Gasteiger partial charge in [-0.25, -0.2) is 0 Å². The molecule has 0 aromatic heterocycles. The third-order valence-corrected chi connectivity index (χ3v) is 6.85. The Kier molecular flexibility index (Phi) is 2.71. The summed E-state index contributed by atoms with van der Waals surface area (Å²) < 4.78 is 6.06. The van der Waals surface area contributed by atoms with Crippen molar-refractivity contribution >= 4 is 5.78 Å². The number of aliphatic hydroxyl groups is 3. The Bertz CT molecular complexity index is 764. The molecule has 3 N–H and O–H groups in total. The van der Waals surface area contributed by atoms with Crippen LogP contribution in [0.15, 0.2) is 12.1 Å². The molecule has 1 saturated carbocycles. The minimum atomic E-state index is -1.41. The zero-order valence-electron chi connectivity index (χ0n) is 13.5. The van der Waals surface area contributed by atoms with Gasteiger partial charge in [-0.05, 0) is 32.0 Å². The summed E-state index contributed by atoms with van der Waals surface area (Å²) >= 11 is 0. The van der Waals surface area contributed by atoms with Gasteiger partial charge in [0.05, 0.1) is 18.1 Å². The van der Waals surface area contributed by atoms with Crippen LogP contribution in [0.2, 0.25) is 0 Å². The molecule has 0 unspecified atom stereocenters. The summed E-state index contributed by atoms with van der Waals surface area (Å²) in [5, 5.41) is 32.2. The highest BCUT2D eigenvalue weighted by Gasteiger charge is 2.75. The summed E-state index contributed by atoms with van der Waals surface area (Å²) in [7, 11) is 1.96. The van der Waals surface area contributed by atoms with Crippen molar-refractivity contribution in [1.82, 2.24) is 4.90 Å². The molecule has 2 heterocycles. The largest absolute Gasteiger partial charge is 0.481 e. The number of ether oxygens (including phenoxy) is 1. The second kappa shape index (κ2) is 4.38. The minimum absolute atomic E-state index is 0.0922. The van der Waals surface area contributed by atoms with Crippen molar-refractivity contribution in [2.75, 3.05) is 13.6 Å². The zero-order chi connectivity index (χ0) is 16.9. The molecule has 5 rings (SSSR count). The number of nitrogens with zero attached hydrogens (tertiary/aromatic N) is 1. The van der Waals surface area contributed by atoms with Crippen LogP contribution in [0.25, 0.3) is 0 Å². The molecule has 6 nitrogen and oxygen atoms in total. The Hall–Kier alpha value is -1.47. The fourth-order valence-corrected chi connectivity index (χ4v) is 5.78. The van der Waals surface area contributed by atoms with Crippen LogP contribution >= 0.6 is 0 Å². The number of piperidine rings is 1. The quantitative estimate of drug-likeness (QED) is 0.643. The first kappa shape index (κ1) is 14.8. The standard InChI is InChI=1S/C18H21NO5/c1-19-5-4-17-14-9-2-3-10(8-20)15(14)24-16(17)11(21)7-13(22)18(17,23)12(19)6-9/h2-3,12-13,16,20,22-23H,4-8H2,1H3/t12-,13+,16+,17+,18+/m1/s1. The van der Waals surface area contributed by atoms with Gasteiger partial charge in [-0.2, -0.15) is 0 Å². The molecule has 2 bridgehead atoms. The van der Waals surface area contributed by atoms with Crippen molar-refractivity contribution in [3.8, 4) is 5.75 Å². The normalized spacial score (nSPS) is 42.7. The summed E-state index contributed by atoms with van der Waals surface area (Å²) in [5.41, 5.74) is 0.211. The van der Waals surface area contributed by atoms with E-state index in [0.717, 1.165) is 17.7 Å². The number of benzene rings is 1. The summed E-state index contributed by atoms with van der Waals surface area (Å²) in [4.78, 5) is 14.8. The third kappa shape index (κ3) is 1.34. The number of ketones is 1. The number of likely N-dealkylation sites (N-methyl/N-ethyl adjacent to an activating group) is 1. The van der Waals surface area contributed by atoms with Gasteiger partial charge in [-0.15, -0.1) is 0 Å². The number of rotatable bonds is 1. The number of hydrogen-bond acceptors (Lipinski definition) is 6. The molecule has 1 saturated heterocycles. The molecule has 2 aliphatic heterocycles. The summed E-state index contributed by atoms with van der Waals surface area (Å²) in [6, 6.07) is 3.55. The minimum Gasteiger partial charge on any atom is -0.481 e. The summed E-state index contributed by atoms with van der Waals surface area (Å²) in [6.07, 6.45) is -0.813. The van der Waals surface area contributed by atoms with Crippen LogP contribution < -0.4 is 4.74 Å². The van der Waals surface area contributed by atoms with E-state index in [1.807, 2.05) is 19.2 Å². The van der Waals surface area contributed by atoms with Crippen molar-refractivity contribution in [3.05, 3.63) is 28.8 Å². The van der Waals surface area contributed by atoms with Gasteiger partial charge in [0.2, 0.25) is 0 Å². The van der Waals surface area contributed by atoms with E-state index in [1.165, 1.54) is 0 Å². The molecule has 5 atom stereocenters. The fraction of sp³-hybridized carbons (Fsp3) is 0.611. The van der Waals surface area contributed by atoms with Gasteiger partial charge in [0, 0.05) is 23.6 Å². The molecule has 24 heavy (non-hydrogen) atoms. The molecule has 2 fully saturated rings. The molecule has 128 valence electrons. The number of aliphatic hydroxyl groups excluding tert-OH is 2. The second-order valence-electron chi connectivity index (χ2n) is 7.68. The van der Waals surface area contributed by atoms with Gasteiger partial charge in [0.25, 0.3) is 0 Å². The molecular weight excluding hydrogens is 310 g/mol. The first-order valence-electron chi connectivity index (χ1n) is 8.51. The lowest BCUT2D eigenvalue weighted by atomic mass is 9.48. The van der Waals surface area contributed by atoms with Crippen LogP contribution in [0.3, 0.4) is 0 Å². The van der Waals surface area contributed by atoms with E-state index in [4.69, 9.17) is 4.74 Å². The van der Waals surface area contributed by atoms with Crippen molar-refractivity contribution in [1.29, 1.82) is 0 Å². The lowest BCUT2D eigenvalue weighted by molar-refractivity contribution is -0.226. The Morgan fingerprint density at radius 3 is 2.92 bits per heavy atom. The maximum absolute atomic E-state index is 12.7. The van der Waals surface area contributed by atoms with Gasteiger partial charge >= 0.3 is 0 Å². The predicted octanol–water partition coefficient (Wildman–Crippen LogP) is -0.497. The topological polar surface area (TPSA) is 90.2 Å². The van der Waals surface area contributed by atoms with Gasteiger partial charge in [0.15, 0.2) is 11.9 Å². The van der Waals surface area contributed by atoms with Crippen LogP contribution in [0.4, 0.5) is 0 Å². The Morgan fingerprint density at radius 2 is 2.17 bits per heavy atom. The zero-order valence-corrected chi connectivity index (χ0v) is 13.5. The molecule has 1 aromatic rings. The number of likely N-dealkylation sites (tertiary alicyclic amines) is 1. The summed E-state index contributed by atoms with van der Waals surface area (Å²) in [5.74, 6) is 0.382. The van der Waals surface area contributed by atoms with E-state index in [1.54, 1.807) is 0 Å². The van der Waals surface area contributed by atoms with Crippen LogP contribution in [0, 0.1) is 0 Å². The molecular formula is C18H21NO5. The molecule has 1 aromatic carbocycles. The molecule has 0 radical (unpaired) electrons. The van der Waals surface area contributed by atoms with Crippen molar-refractivity contribution in [2.45, 2.75) is 55.1 Å². The molecule has 1 spiro atoms. The molecule has 0 amide bonds. The first-order valence-corrected chi connectivity index (χ1v) is 8.51. The van der Waals surface area contributed by atoms with Gasteiger partial charge in [-0.1, -0.05) is 12.1 Å². The fourth-order valence-electron chi connectivity index (χ4n) is 5.78. The van der Waals surface area contributed by atoms with Crippen LogP contribution in [-0.4, -0.2) is 63.4 Å². The van der Waals surface area contributed by atoms with E-state index in [0.29, 0.717) is 24.2 Å². The van der Waals surface area contributed by atoms with E-state index >= 15 is 0 Å². The number of hydrogen-bond donors (Lipinski definition) is 3. The van der Waals surface area contributed by atoms with E-state index in [9.17, 15) is 20.1 Å². The lowest BCUT2D eigenvalue weighted by Gasteiger charge is -2.63. The second-order valence-corrected chi connectivity index (χ2v) is 7.68. The monoisotopic (exact) mass is 331 g/mol. The molecule has 6 heteroatoms. The molecule has 4 aliphatic rings. The van der Waals surface area contributed by atoms with Crippen molar-refractivity contribution in [3.63, 3.8) is 0 Å². The van der Waals surface area contributed by atoms with Crippen LogP contribution in [0.1, 0.15) is 29.5 Å². The summed E-state index contributed by atoms with van der Waals surface area (Å²) in [6.45, 7) is 0.555. The molecule has 2 aliphatic carbocycles. The maximum Gasteiger partial charge on any atom is 0.177 e. The van der Waals surface area contributed by atoms with Crippen LogP contribution in [-0.2, 0) is 23.2 Å². The Balaban J connectivity index is 1.87. The third-order valence-electron chi connectivity index (χ3n) is 6.85. The number of Topliss-reactive ketones (excluding diaryl/α,β-unsaturated/α-hetero) is 1. The number of carbonyl (C=O) groups is 1. The van der Waals surface area contributed by atoms with E-state index < -0.39 is 23.2 Å². The highest BCUT2D eigenvalue weighted by atomic mass is 16.5. The average Bonchev–Trinajstić information content (AvgIpc) is 2.91. The number of carbonyl (C=O) groups excluding carboxylic acids is 1. The maximum atomic E-state index is 12.7. The smallest absolute Gasteiger partial charge is 0.177 e. The Labute approximate surface area is 139 Å². The van der Waals surface area contributed by atoms with Crippen molar-refractivity contribution < 1.29 is 24.9 Å². The van der Waals surface area contributed by atoms with Gasteiger partial charge in [-0.3, -0.25) is 4.79 Å². The van der Waals surface area contributed by atoms with E-state index in [2.05, 4.69) is 4.90 Å². The van der Waals surface area contributed by atoms with Gasteiger partial charge in [0.1, 0.15) is 11.4 Å². The van der Waals surface area contributed by atoms with E-state index in [-0.39, 0.29) is 24.9 Å². The predicted molar refractivity (Wildman–Crippen MR) is 83.8 cm³/mol. The first-order chi connectivity index (χ1) is 11.4. The van der Waals surface area contributed by atoms with Crippen molar-refractivity contribution in [2.24, 2.45) is 0 Å². The highest BCUT2D eigenvalue weighted by molar-refractivity contribution is 5.90. The average molecular weight is 331 g/mol. The van der Waals surface area contributed by atoms with Crippen LogP contribution in [0.5, 0.6) is 5.75 Å². The highest BCUT2D eigenvalue weighted by Crippen LogP contribution is 2.63.